The summed E-state index contributed by atoms with van der Waals surface area (Å²) in [6.45, 7) is 7.81. The van der Waals surface area contributed by atoms with Gasteiger partial charge >= 0.3 is 0 Å². The molecule has 108 valence electrons. The van der Waals surface area contributed by atoms with E-state index in [1.54, 1.807) is 0 Å². The summed E-state index contributed by atoms with van der Waals surface area (Å²) in [7, 11) is 2.00. The summed E-state index contributed by atoms with van der Waals surface area (Å²) in [5.74, 6) is 1.78. The van der Waals surface area contributed by atoms with Crippen LogP contribution in [0.5, 0.6) is 0 Å². The second-order valence-electron chi connectivity index (χ2n) is 6.50. The number of nitrogens with one attached hydrogen (secondary N) is 1. The van der Waals surface area contributed by atoms with Gasteiger partial charge in [-0.1, -0.05) is 26.7 Å². The smallest absolute Gasteiger partial charge is 0.0638 e. The topological polar surface area (TPSA) is 29.9 Å². The lowest BCUT2D eigenvalue weighted by Gasteiger charge is -2.19. The molecule has 0 saturated heterocycles. The van der Waals surface area contributed by atoms with Gasteiger partial charge < -0.3 is 5.32 Å². The molecule has 1 aliphatic rings. The van der Waals surface area contributed by atoms with Crippen molar-refractivity contribution in [1.82, 2.24) is 15.1 Å². The maximum absolute atomic E-state index is 4.41. The van der Waals surface area contributed by atoms with Gasteiger partial charge in [0, 0.05) is 31.4 Å². The number of aromatic nitrogens is 2. The standard InChI is InChI=1S/C16H29N3/c1-12(2)14-6-5-7-16(9-8-14)17-10-15-11-19(4)18-13(15)3/h11-12,14,16-17H,5-10H2,1-4H3. The Kier molecular flexibility index (Phi) is 5.03. The van der Waals surface area contributed by atoms with E-state index in [1.807, 2.05) is 11.7 Å². The Morgan fingerprint density at radius 1 is 1.32 bits per heavy atom. The fourth-order valence-electron chi connectivity index (χ4n) is 3.28. The van der Waals surface area contributed by atoms with Crippen molar-refractivity contribution < 1.29 is 0 Å². The number of rotatable bonds is 4. The van der Waals surface area contributed by atoms with E-state index in [2.05, 4.69) is 37.4 Å². The number of hydrogen-bond acceptors (Lipinski definition) is 2. The summed E-state index contributed by atoms with van der Waals surface area (Å²) in [6.07, 6.45) is 9.00. The third-order valence-electron chi connectivity index (χ3n) is 4.65. The second kappa shape index (κ2) is 6.56. The highest BCUT2D eigenvalue weighted by Gasteiger charge is 2.20. The molecule has 2 atom stereocenters. The van der Waals surface area contributed by atoms with Crippen molar-refractivity contribution in [3.05, 3.63) is 17.5 Å². The SMILES string of the molecule is Cc1nn(C)cc1CNC1CCCC(C(C)C)CC1. The Balaban J connectivity index is 1.82. The van der Waals surface area contributed by atoms with E-state index in [9.17, 15) is 0 Å². The van der Waals surface area contributed by atoms with E-state index < -0.39 is 0 Å². The van der Waals surface area contributed by atoms with Crippen LogP contribution in [0.3, 0.4) is 0 Å². The first kappa shape index (κ1) is 14.6. The highest BCUT2D eigenvalue weighted by molar-refractivity contribution is 5.14. The molecule has 1 heterocycles. The minimum atomic E-state index is 0.698. The minimum absolute atomic E-state index is 0.698. The molecule has 1 aromatic heterocycles. The summed E-state index contributed by atoms with van der Waals surface area (Å²) in [5.41, 5.74) is 2.50. The normalized spacial score (nSPS) is 24.7. The van der Waals surface area contributed by atoms with Gasteiger partial charge in [-0.25, -0.2) is 0 Å². The van der Waals surface area contributed by atoms with E-state index in [1.165, 1.54) is 37.7 Å². The molecule has 3 nitrogen and oxygen atoms in total. The summed E-state index contributed by atoms with van der Waals surface area (Å²) in [5, 5.41) is 8.14. The monoisotopic (exact) mass is 263 g/mol. The molecule has 0 spiro atoms. The lowest BCUT2D eigenvalue weighted by molar-refractivity contribution is 0.337. The van der Waals surface area contributed by atoms with Gasteiger partial charge in [0.25, 0.3) is 0 Å². The molecule has 0 amide bonds. The van der Waals surface area contributed by atoms with Crippen LogP contribution in [0.25, 0.3) is 0 Å². The maximum Gasteiger partial charge on any atom is 0.0638 e. The average molecular weight is 263 g/mol. The lowest BCUT2D eigenvalue weighted by Crippen LogP contribution is -2.28. The van der Waals surface area contributed by atoms with E-state index in [0.717, 1.165) is 24.1 Å². The molecule has 2 unspecified atom stereocenters. The number of nitrogens with zero attached hydrogens (tertiary/aromatic N) is 2. The van der Waals surface area contributed by atoms with Crippen LogP contribution in [0, 0.1) is 18.8 Å². The third-order valence-corrected chi connectivity index (χ3v) is 4.65. The quantitative estimate of drug-likeness (QED) is 0.844. The summed E-state index contributed by atoms with van der Waals surface area (Å²) >= 11 is 0. The van der Waals surface area contributed by atoms with Gasteiger partial charge in [-0.3, -0.25) is 4.68 Å². The third kappa shape index (κ3) is 4.07. The van der Waals surface area contributed by atoms with E-state index in [-0.39, 0.29) is 0 Å². The molecular weight excluding hydrogens is 234 g/mol. The van der Waals surface area contributed by atoms with Crippen LogP contribution >= 0.6 is 0 Å². The average Bonchev–Trinajstić information content (AvgIpc) is 2.56. The van der Waals surface area contributed by atoms with Gasteiger partial charge in [-0.2, -0.15) is 5.10 Å². The largest absolute Gasteiger partial charge is 0.310 e. The van der Waals surface area contributed by atoms with Gasteiger partial charge in [-0.15, -0.1) is 0 Å². The molecule has 1 saturated carbocycles. The van der Waals surface area contributed by atoms with Crippen LogP contribution < -0.4 is 5.32 Å². The Bertz CT molecular complexity index is 395. The van der Waals surface area contributed by atoms with Crippen molar-refractivity contribution in [3.63, 3.8) is 0 Å². The zero-order chi connectivity index (χ0) is 13.8. The predicted molar refractivity (Wildman–Crippen MR) is 80.0 cm³/mol. The number of hydrogen-bond donors (Lipinski definition) is 1. The van der Waals surface area contributed by atoms with Gasteiger partial charge in [0.2, 0.25) is 0 Å². The Morgan fingerprint density at radius 3 is 2.74 bits per heavy atom. The maximum atomic E-state index is 4.41. The molecule has 1 aliphatic carbocycles. The zero-order valence-corrected chi connectivity index (χ0v) is 12.9. The molecular formula is C16H29N3. The first-order valence-electron chi connectivity index (χ1n) is 7.78. The molecule has 1 aromatic rings. The van der Waals surface area contributed by atoms with Crippen LogP contribution in [0.15, 0.2) is 6.20 Å². The summed E-state index contributed by atoms with van der Waals surface area (Å²) < 4.78 is 1.91. The summed E-state index contributed by atoms with van der Waals surface area (Å²) in [4.78, 5) is 0. The van der Waals surface area contributed by atoms with E-state index in [0.29, 0.717) is 6.04 Å². The highest BCUT2D eigenvalue weighted by atomic mass is 15.2. The Labute approximate surface area is 117 Å². The van der Waals surface area contributed by atoms with Crippen LogP contribution in [-0.2, 0) is 13.6 Å². The van der Waals surface area contributed by atoms with Crippen LogP contribution in [0.4, 0.5) is 0 Å². The van der Waals surface area contributed by atoms with Crippen LogP contribution in [0.2, 0.25) is 0 Å². The zero-order valence-electron chi connectivity index (χ0n) is 12.9. The van der Waals surface area contributed by atoms with Crippen molar-refractivity contribution >= 4 is 0 Å². The van der Waals surface area contributed by atoms with Crippen molar-refractivity contribution in [2.24, 2.45) is 18.9 Å². The van der Waals surface area contributed by atoms with Gasteiger partial charge in [0.1, 0.15) is 0 Å². The van der Waals surface area contributed by atoms with Crippen molar-refractivity contribution in [2.45, 2.75) is 65.5 Å². The second-order valence-corrected chi connectivity index (χ2v) is 6.50. The molecule has 2 rings (SSSR count). The van der Waals surface area contributed by atoms with E-state index in [4.69, 9.17) is 0 Å². The van der Waals surface area contributed by atoms with Crippen molar-refractivity contribution in [3.8, 4) is 0 Å². The van der Waals surface area contributed by atoms with Crippen molar-refractivity contribution in [2.75, 3.05) is 0 Å². The first-order valence-corrected chi connectivity index (χ1v) is 7.78. The highest BCUT2D eigenvalue weighted by Crippen LogP contribution is 2.28. The molecule has 0 radical (unpaired) electrons. The molecule has 19 heavy (non-hydrogen) atoms. The lowest BCUT2D eigenvalue weighted by atomic mass is 9.89. The van der Waals surface area contributed by atoms with Gasteiger partial charge in [0.15, 0.2) is 0 Å². The van der Waals surface area contributed by atoms with Gasteiger partial charge in [0.05, 0.1) is 5.69 Å². The molecule has 1 N–H and O–H groups in total. The molecule has 0 aromatic carbocycles. The fourth-order valence-corrected chi connectivity index (χ4v) is 3.28. The summed E-state index contributed by atoms with van der Waals surface area (Å²) in [6, 6.07) is 0.698. The van der Waals surface area contributed by atoms with Gasteiger partial charge in [-0.05, 0) is 38.0 Å². The Morgan fingerprint density at radius 2 is 2.11 bits per heavy atom. The predicted octanol–water partition coefficient (Wildman–Crippen LogP) is 3.42. The van der Waals surface area contributed by atoms with Crippen LogP contribution in [0.1, 0.15) is 57.2 Å². The molecule has 0 bridgehead atoms. The fraction of sp³-hybridized carbons (Fsp3) is 0.812. The molecule has 3 heteroatoms. The number of aryl methyl sites for hydroxylation is 2. The van der Waals surface area contributed by atoms with Crippen LogP contribution in [-0.4, -0.2) is 15.8 Å². The Hall–Kier alpha value is -0.830. The minimum Gasteiger partial charge on any atom is -0.310 e. The van der Waals surface area contributed by atoms with Crippen molar-refractivity contribution in [1.29, 1.82) is 0 Å². The molecule has 0 aliphatic heterocycles. The first-order chi connectivity index (χ1) is 9.06. The molecule has 1 fully saturated rings. The van der Waals surface area contributed by atoms with E-state index >= 15 is 0 Å².